The monoisotopic (exact) mass is 414 g/mol. The van der Waals surface area contributed by atoms with Crippen LogP contribution in [0.25, 0.3) is 17.2 Å². The van der Waals surface area contributed by atoms with E-state index in [9.17, 15) is 13.2 Å². The van der Waals surface area contributed by atoms with E-state index >= 15 is 0 Å². The maximum Gasteiger partial charge on any atom is 0.434 e. The molecular formula is C19H17F3N8. The molecule has 2 aliphatic rings. The second-order valence-corrected chi connectivity index (χ2v) is 7.20. The van der Waals surface area contributed by atoms with Gasteiger partial charge in [-0.2, -0.15) is 13.2 Å². The Bertz CT molecular complexity index is 1150. The van der Waals surface area contributed by atoms with Gasteiger partial charge in [0.25, 0.3) is 0 Å². The number of anilines is 1. The molecule has 1 unspecified atom stereocenters. The van der Waals surface area contributed by atoms with E-state index in [1.165, 1.54) is 10.6 Å². The number of rotatable bonds is 3. The first-order valence-electron chi connectivity index (χ1n) is 9.52. The van der Waals surface area contributed by atoms with Gasteiger partial charge in [0.15, 0.2) is 17.2 Å². The van der Waals surface area contributed by atoms with Crippen LogP contribution in [0.4, 0.5) is 19.0 Å². The van der Waals surface area contributed by atoms with Gasteiger partial charge in [0, 0.05) is 37.6 Å². The Morgan fingerprint density at radius 1 is 1.10 bits per heavy atom. The highest BCUT2D eigenvalue weighted by Crippen LogP contribution is 2.29. The Balaban J connectivity index is 1.47. The molecule has 11 heteroatoms. The summed E-state index contributed by atoms with van der Waals surface area (Å²) in [5.74, 6) is 1.32. The molecule has 1 fully saturated rings. The molecule has 0 N–H and O–H groups in total. The maximum atomic E-state index is 13.1. The van der Waals surface area contributed by atoms with E-state index in [4.69, 9.17) is 0 Å². The van der Waals surface area contributed by atoms with E-state index in [2.05, 4.69) is 34.8 Å². The second kappa shape index (κ2) is 7.15. The number of hydrogen-bond acceptors (Lipinski definition) is 7. The SMILES string of the molecule is FC(F)(F)c1cn2c(-c3nccc(N4CCCC(C5=NCN=C5)C4)n3)cnc2cn1. The van der Waals surface area contributed by atoms with Gasteiger partial charge < -0.3 is 4.90 Å². The standard InChI is InChI=1S/C19H17F3N8/c20-19(21,22)15-10-30-14(7-26-17(30)8-25-15)18-24-4-3-16(28-18)29-5-1-2-12(9-29)13-6-23-11-27-13/h3-4,6-8,10,12H,1-2,5,9,11H2. The summed E-state index contributed by atoms with van der Waals surface area (Å²) < 4.78 is 40.5. The van der Waals surface area contributed by atoms with Crippen LogP contribution in [-0.4, -0.2) is 56.0 Å². The third kappa shape index (κ3) is 3.40. The number of alkyl halides is 3. The largest absolute Gasteiger partial charge is 0.434 e. The molecule has 154 valence electrons. The quantitative estimate of drug-likeness (QED) is 0.658. The number of hydrogen-bond donors (Lipinski definition) is 0. The van der Waals surface area contributed by atoms with Gasteiger partial charge in [0.2, 0.25) is 0 Å². The molecule has 30 heavy (non-hydrogen) atoms. The molecule has 1 saturated heterocycles. The maximum absolute atomic E-state index is 13.1. The van der Waals surface area contributed by atoms with Gasteiger partial charge in [-0.3, -0.25) is 14.4 Å². The summed E-state index contributed by atoms with van der Waals surface area (Å²) in [6.07, 6.45) is 4.40. The Kier molecular flexibility index (Phi) is 4.44. The van der Waals surface area contributed by atoms with Crippen molar-refractivity contribution < 1.29 is 13.2 Å². The van der Waals surface area contributed by atoms with Crippen molar-refractivity contribution in [1.29, 1.82) is 0 Å². The van der Waals surface area contributed by atoms with Crippen LogP contribution < -0.4 is 4.90 Å². The number of halogens is 3. The van der Waals surface area contributed by atoms with Crippen LogP contribution in [0.1, 0.15) is 18.5 Å². The summed E-state index contributed by atoms with van der Waals surface area (Å²) in [5.41, 5.74) is 0.690. The summed E-state index contributed by atoms with van der Waals surface area (Å²) in [5, 5.41) is 0. The molecule has 0 bridgehead atoms. The Hall–Kier alpha value is -3.37. The van der Waals surface area contributed by atoms with Crippen molar-refractivity contribution in [3.8, 4) is 11.5 Å². The van der Waals surface area contributed by atoms with Crippen molar-refractivity contribution in [1.82, 2.24) is 24.3 Å². The molecule has 0 aromatic carbocycles. The first-order chi connectivity index (χ1) is 14.5. The van der Waals surface area contributed by atoms with Crippen LogP contribution in [0.2, 0.25) is 0 Å². The van der Waals surface area contributed by atoms with Crippen molar-refractivity contribution in [3.63, 3.8) is 0 Å². The fourth-order valence-corrected chi connectivity index (χ4v) is 3.81. The van der Waals surface area contributed by atoms with E-state index < -0.39 is 11.9 Å². The highest BCUT2D eigenvalue weighted by molar-refractivity contribution is 6.32. The van der Waals surface area contributed by atoms with Gasteiger partial charge in [-0.15, -0.1) is 0 Å². The minimum absolute atomic E-state index is 0.291. The van der Waals surface area contributed by atoms with E-state index in [0.29, 0.717) is 29.8 Å². The van der Waals surface area contributed by atoms with Crippen molar-refractivity contribution in [2.45, 2.75) is 19.0 Å². The third-order valence-corrected chi connectivity index (χ3v) is 5.28. The zero-order chi connectivity index (χ0) is 20.7. The second-order valence-electron chi connectivity index (χ2n) is 7.20. The first-order valence-corrected chi connectivity index (χ1v) is 9.52. The van der Waals surface area contributed by atoms with Gasteiger partial charge in [-0.05, 0) is 18.9 Å². The number of piperidine rings is 1. The molecule has 5 heterocycles. The van der Waals surface area contributed by atoms with Crippen LogP contribution in [0, 0.1) is 5.92 Å². The zero-order valence-corrected chi connectivity index (χ0v) is 15.8. The highest BCUT2D eigenvalue weighted by Gasteiger charge is 2.33. The van der Waals surface area contributed by atoms with Crippen LogP contribution in [0.15, 0.2) is 40.8 Å². The number of imidazole rings is 1. The predicted octanol–water partition coefficient (Wildman–Crippen LogP) is 2.90. The summed E-state index contributed by atoms with van der Waals surface area (Å²) in [6, 6.07) is 1.81. The average molecular weight is 414 g/mol. The average Bonchev–Trinajstić information content (AvgIpc) is 3.43. The lowest BCUT2D eigenvalue weighted by atomic mass is 9.93. The normalized spacial score (nSPS) is 19.5. The van der Waals surface area contributed by atoms with Gasteiger partial charge in [0.1, 0.15) is 18.2 Å². The summed E-state index contributed by atoms with van der Waals surface area (Å²) >= 11 is 0. The van der Waals surface area contributed by atoms with Crippen LogP contribution in [-0.2, 0) is 6.18 Å². The lowest BCUT2D eigenvalue weighted by Gasteiger charge is -2.33. The molecule has 1 atom stereocenters. The molecule has 0 radical (unpaired) electrons. The Labute approximate surface area is 169 Å². The third-order valence-electron chi connectivity index (χ3n) is 5.28. The Morgan fingerprint density at radius 2 is 2.00 bits per heavy atom. The van der Waals surface area contributed by atoms with Crippen molar-refractivity contribution >= 4 is 23.4 Å². The Morgan fingerprint density at radius 3 is 2.80 bits per heavy atom. The highest BCUT2D eigenvalue weighted by atomic mass is 19.4. The van der Waals surface area contributed by atoms with Crippen molar-refractivity contribution in [2.75, 3.05) is 24.7 Å². The predicted molar refractivity (Wildman–Crippen MR) is 105 cm³/mol. The number of aliphatic imine (C=N–C) groups is 2. The van der Waals surface area contributed by atoms with E-state index in [0.717, 1.165) is 49.9 Å². The molecule has 0 amide bonds. The molecule has 5 rings (SSSR count). The smallest absolute Gasteiger partial charge is 0.356 e. The number of fused-ring (bicyclic) bond motifs is 1. The van der Waals surface area contributed by atoms with Crippen LogP contribution in [0.3, 0.4) is 0 Å². The molecular weight excluding hydrogens is 397 g/mol. The van der Waals surface area contributed by atoms with Gasteiger partial charge in [0.05, 0.1) is 18.1 Å². The molecule has 0 spiro atoms. The topological polar surface area (TPSA) is 83.9 Å². The van der Waals surface area contributed by atoms with Gasteiger partial charge in [-0.1, -0.05) is 0 Å². The summed E-state index contributed by atoms with van der Waals surface area (Å²) in [7, 11) is 0. The van der Waals surface area contributed by atoms with Gasteiger partial charge >= 0.3 is 6.18 Å². The molecule has 0 aliphatic carbocycles. The number of nitrogens with zero attached hydrogens (tertiary/aromatic N) is 8. The van der Waals surface area contributed by atoms with E-state index in [1.54, 1.807) is 6.20 Å². The lowest BCUT2D eigenvalue weighted by molar-refractivity contribution is -0.141. The summed E-state index contributed by atoms with van der Waals surface area (Å²) in [6.45, 7) is 2.09. The lowest BCUT2D eigenvalue weighted by Crippen LogP contribution is -2.39. The minimum Gasteiger partial charge on any atom is -0.356 e. The molecule has 3 aromatic heterocycles. The molecule has 2 aliphatic heterocycles. The van der Waals surface area contributed by atoms with Crippen LogP contribution >= 0.6 is 0 Å². The van der Waals surface area contributed by atoms with Crippen molar-refractivity contribution in [2.24, 2.45) is 15.9 Å². The van der Waals surface area contributed by atoms with Crippen LogP contribution in [0.5, 0.6) is 0 Å². The summed E-state index contributed by atoms with van der Waals surface area (Å²) in [4.78, 5) is 27.2. The number of aromatic nitrogens is 5. The van der Waals surface area contributed by atoms with Crippen molar-refractivity contribution in [3.05, 3.63) is 36.5 Å². The fraction of sp³-hybridized carbons (Fsp3) is 0.368. The van der Waals surface area contributed by atoms with Gasteiger partial charge in [-0.25, -0.2) is 19.9 Å². The fourth-order valence-electron chi connectivity index (χ4n) is 3.81. The first kappa shape index (κ1) is 18.6. The molecule has 8 nitrogen and oxygen atoms in total. The van der Waals surface area contributed by atoms with E-state index in [1.807, 2.05) is 12.3 Å². The van der Waals surface area contributed by atoms with E-state index in [-0.39, 0.29) is 0 Å². The zero-order valence-electron chi connectivity index (χ0n) is 15.8. The molecule has 3 aromatic rings. The minimum atomic E-state index is -4.55. The molecule has 0 saturated carbocycles.